The molecule has 0 saturated carbocycles. The predicted molar refractivity (Wildman–Crippen MR) is 47.1 cm³/mol. The van der Waals surface area contributed by atoms with Crippen LogP contribution in [-0.4, -0.2) is 10.9 Å². The average Bonchev–Trinajstić information content (AvgIpc) is 1.89. The first kappa shape index (κ1) is 9.76. The minimum absolute atomic E-state index is 0.199. The highest BCUT2D eigenvalue weighted by Gasteiger charge is 2.22. The molecule has 0 bridgehead atoms. The van der Waals surface area contributed by atoms with E-state index in [4.69, 9.17) is 0 Å². The summed E-state index contributed by atoms with van der Waals surface area (Å²) in [6, 6.07) is 0. The van der Waals surface area contributed by atoms with Crippen molar-refractivity contribution < 1.29 is 4.79 Å². The Labute approximate surface area is 66.9 Å². The normalized spacial score (nSPS) is 11.1. The second-order valence-electron chi connectivity index (χ2n) is 2.65. The van der Waals surface area contributed by atoms with Gasteiger partial charge in [-0.1, -0.05) is 24.8 Å². The highest BCUT2D eigenvalue weighted by Crippen LogP contribution is 2.24. The molecular formula is C8H14OS. The van der Waals surface area contributed by atoms with Gasteiger partial charge in [-0.3, -0.25) is 4.79 Å². The summed E-state index contributed by atoms with van der Waals surface area (Å²) in [5.41, 5.74) is -0.360. The number of hydrogen-bond donors (Lipinski definition) is 0. The predicted octanol–water partition coefficient (Wildman–Crippen LogP) is 2.48. The quantitative estimate of drug-likeness (QED) is 0.587. The van der Waals surface area contributed by atoms with Crippen molar-refractivity contribution >= 4 is 16.9 Å². The first-order chi connectivity index (χ1) is 4.54. The van der Waals surface area contributed by atoms with Gasteiger partial charge in [0.25, 0.3) is 0 Å². The largest absolute Gasteiger partial charge is 0.286 e. The molecule has 0 rings (SSSR count). The fourth-order valence-electron chi connectivity index (χ4n) is 0.400. The summed E-state index contributed by atoms with van der Waals surface area (Å²) in [4.78, 5) is 11.2. The molecule has 0 saturated heterocycles. The van der Waals surface area contributed by atoms with Crippen molar-refractivity contribution in [2.45, 2.75) is 20.8 Å². The van der Waals surface area contributed by atoms with Crippen LogP contribution in [0.2, 0.25) is 0 Å². The molecule has 2 heteroatoms. The van der Waals surface area contributed by atoms with Crippen molar-refractivity contribution in [1.82, 2.24) is 0 Å². The van der Waals surface area contributed by atoms with E-state index in [1.54, 1.807) is 6.08 Å². The van der Waals surface area contributed by atoms with E-state index in [1.807, 2.05) is 20.8 Å². The molecular weight excluding hydrogens is 144 g/mol. The summed E-state index contributed by atoms with van der Waals surface area (Å²) < 4.78 is 0. The lowest BCUT2D eigenvalue weighted by atomic mass is 9.96. The zero-order valence-electron chi connectivity index (χ0n) is 6.81. The summed E-state index contributed by atoms with van der Waals surface area (Å²) in [5.74, 6) is 0.843. The van der Waals surface area contributed by atoms with Gasteiger partial charge in [0.15, 0.2) is 5.12 Å². The van der Waals surface area contributed by atoms with Crippen LogP contribution in [-0.2, 0) is 4.79 Å². The van der Waals surface area contributed by atoms with Crippen LogP contribution in [0.3, 0.4) is 0 Å². The lowest BCUT2D eigenvalue weighted by molar-refractivity contribution is -0.116. The summed E-state index contributed by atoms with van der Waals surface area (Å²) >= 11 is 1.35. The molecule has 0 aromatic rings. The van der Waals surface area contributed by atoms with E-state index in [0.29, 0.717) is 0 Å². The van der Waals surface area contributed by atoms with Crippen LogP contribution >= 0.6 is 11.8 Å². The third-order valence-electron chi connectivity index (χ3n) is 1.31. The van der Waals surface area contributed by atoms with Crippen molar-refractivity contribution in [3.63, 3.8) is 0 Å². The van der Waals surface area contributed by atoms with Crippen molar-refractivity contribution in [3.8, 4) is 0 Å². The van der Waals surface area contributed by atoms with E-state index >= 15 is 0 Å². The van der Waals surface area contributed by atoms with Gasteiger partial charge in [-0.2, -0.15) is 0 Å². The molecule has 0 aliphatic carbocycles. The Balaban J connectivity index is 4.04. The van der Waals surface area contributed by atoms with Gasteiger partial charge in [0, 0.05) is 0 Å². The monoisotopic (exact) mass is 158 g/mol. The maximum absolute atomic E-state index is 11.2. The molecule has 0 fully saturated rings. The van der Waals surface area contributed by atoms with E-state index in [9.17, 15) is 4.79 Å². The molecule has 0 unspecified atom stereocenters. The Morgan fingerprint density at radius 2 is 2.20 bits per heavy atom. The average molecular weight is 158 g/mol. The Morgan fingerprint density at radius 1 is 1.70 bits per heavy atom. The van der Waals surface area contributed by atoms with Crippen LogP contribution in [0, 0.1) is 5.41 Å². The molecule has 0 atom stereocenters. The number of thioether (sulfide) groups is 1. The smallest absolute Gasteiger partial charge is 0.198 e. The zero-order valence-corrected chi connectivity index (χ0v) is 7.62. The first-order valence-corrected chi connectivity index (χ1v) is 4.34. The molecule has 0 amide bonds. The van der Waals surface area contributed by atoms with E-state index in [0.717, 1.165) is 5.75 Å². The third kappa shape index (κ3) is 2.56. The SMILES string of the molecule is C=CC(C)(C)C(=O)SCC. The zero-order chi connectivity index (χ0) is 8.20. The highest BCUT2D eigenvalue weighted by atomic mass is 32.2. The van der Waals surface area contributed by atoms with Gasteiger partial charge in [0.1, 0.15) is 0 Å². The van der Waals surface area contributed by atoms with Gasteiger partial charge in [0.05, 0.1) is 5.41 Å². The van der Waals surface area contributed by atoms with Crippen LogP contribution in [0.1, 0.15) is 20.8 Å². The molecule has 0 N–H and O–H groups in total. The van der Waals surface area contributed by atoms with Gasteiger partial charge in [-0.25, -0.2) is 0 Å². The van der Waals surface area contributed by atoms with Crippen LogP contribution in [0.15, 0.2) is 12.7 Å². The summed E-state index contributed by atoms with van der Waals surface area (Å²) in [6.45, 7) is 9.34. The number of carbonyl (C=O) groups excluding carboxylic acids is 1. The molecule has 0 radical (unpaired) electrons. The Hall–Kier alpha value is -0.240. The van der Waals surface area contributed by atoms with E-state index in [-0.39, 0.29) is 10.5 Å². The third-order valence-corrected chi connectivity index (χ3v) is 2.39. The second kappa shape index (κ2) is 3.81. The highest BCUT2D eigenvalue weighted by molar-refractivity contribution is 8.13. The van der Waals surface area contributed by atoms with Crippen LogP contribution < -0.4 is 0 Å². The van der Waals surface area contributed by atoms with E-state index < -0.39 is 0 Å². The lowest BCUT2D eigenvalue weighted by Crippen LogP contribution is -2.17. The number of carbonyl (C=O) groups is 1. The minimum Gasteiger partial charge on any atom is -0.286 e. The van der Waals surface area contributed by atoms with Gasteiger partial charge in [-0.05, 0) is 19.6 Å². The van der Waals surface area contributed by atoms with Crippen molar-refractivity contribution in [2.75, 3.05) is 5.75 Å². The Kier molecular flexibility index (Phi) is 3.72. The summed E-state index contributed by atoms with van der Waals surface area (Å²) in [5, 5.41) is 0.199. The Morgan fingerprint density at radius 3 is 2.50 bits per heavy atom. The molecule has 0 heterocycles. The minimum atomic E-state index is -0.360. The fourth-order valence-corrected chi connectivity index (χ4v) is 1.12. The van der Waals surface area contributed by atoms with Crippen molar-refractivity contribution in [2.24, 2.45) is 5.41 Å². The molecule has 58 valence electrons. The summed E-state index contributed by atoms with van der Waals surface area (Å²) in [6.07, 6.45) is 1.69. The van der Waals surface area contributed by atoms with E-state index in [1.165, 1.54) is 11.8 Å². The van der Waals surface area contributed by atoms with Crippen LogP contribution in [0.25, 0.3) is 0 Å². The number of hydrogen-bond acceptors (Lipinski definition) is 2. The molecule has 0 aromatic heterocycles. The lowest BCUT2D eigenvalue weighted by Gasteiger charge is -2.15. The van der Waals surface area contributed by atoms with Gasteiger partial charge in [-0.15, -0.1) is 6.58 Å². The molecule has 1 nitrogen and oxygen atoms in total. The standard InChI is InChI=1S/C8H14OS/c1-5-8(3,4)7(9)10-6-2/h5H,1,6H2,2-4H3. The second-order valence-corrected chi connectivity index (χ2v) is 3.88. The van der Waals surface area contributed by atoms with Gasteiger partial charge < -0.3 is 0 Å². The van der Waals surface area contributed by atoms with Gasteiger partial charge in [0.2, 0.25) is 0 Å². The summed E-state index contributed by atoms with van der Waals surface area (Å²) in [7, 11) is 0. The maximum atomic E-state index is 11.2. The molecule has 0 aliphatic heterocycles. The number of allylic oxidation sites excluding steroid dienone is 1. The molecule has 0 aromatic carbocycles. The van der Waals surface area contributed by atoms with Gasteiger partial charge >= 0.3 is 0 Å². The topological polar surface area (TPSA) is 17.1 Å². The fraction of sp³-hybridized carbons (Fsp3) is 0.625. The van der Waals surface area contributed by atoms with E-state index in [2.05, 4.69) is 6.58 Å². The van der Waals surface area contributed by atoms with Crippen molar-refractivity contribution in [1.29, 1.82) is 0 Å². The molecule has 0 spiro atoms. The van der Waals surface area contributed by atoms with Crippen LogP contribution in [0.4, 0.5) is 0 Å². The molecule has 0 aliphatic rings. The maximum Gasteiger partial charge on any atom is 0.198 e. The first-order valence-electron chi connectivity index (χ1n) is 3.35. The Bertz CT molecular complexity index is 138. The van der Waals surface area contributed by atoms with Crippen LogP contribution in [0.5, 0.6) is 0 Å². The van der Waals surface area contributed by atoms with Crippen molar-refractivity contribution in [3.05, 3.63) is 12.7 Å². The molecule has 10 heavy (non-hydrogen) atoms. The number of rotatable bonds is 3.